The van der Waals surface area contributed by atoms with E-state index in [0.717, 1.165) is 32.1 Å². The summed E-state index contributed by atoms with van der Waals surface area (Å²) in [4.78, 5) is 34.3. The summed E-state index contributed by atoms with van der Waals surface area (Å²) in [6.45, 7) is 2.12. The van der Waals surface area contributed by atoms with E-state index in [0.29, 0.717) is 6.42 Å². The number of rotatable bonds is 10. The summed E-state index contributed by atoms with van der Waals surface area (Å²) in [6.07, 6.45) is 3.66. The van der Waals surface area contributed by atoms with E-state index in [9.17, 15) is 24.6 Å². The van der Waals surface area contributed by atoms with Crippen molar-refractivity contribution >= 4 is 17.9 Å². The number of hydrogen-bond donors (Lipinski definition) is 3. The zero-order chi connectivity index (χ0) is 20.9. The maximum atomic E-state index is 12.1. The fraction of sp³-hybridized carbons (Fsp3) is 0.750. The molecular weight excluding hydrogens is 368 g/mol. The molecule has 1 aliphatic rings. The molecule has 4 atom stereocenters. The van der Waals surface area contributed by atoms with Gasteiger partial charge >= 0.3 is 17.9 Å². The lowest BCUT2D eigenvalue weighted by Crippen LogP contribution is -2.40. The molecule has 0 radical (unpaired) electrons. The average molecular weight is 400 g/mol. The van der Waals surface area contributed by atoms with Crippen LogP contribution in [0.4, 0.5) is 0 Å². The Labute approximate surface area is 165 Å². The Morgan fingerprint density at radius 1 is 1.14 bits per heavy atom. The highest BCUT2D eigenvalue weighted by Crippen LogP contribution is 2.19. The number of carbonyl (C=O) groups excluding carboxylic acids is 2. The van der Waals surface area contributed by atoms with Crippen molar-refractivity contribution in [2.45, 2.75) is 95.5 Å². The Hall–Kier alpha value is -1.93. The van der Waals surface area contributed by atoms with Crippen LogP contribution < -0.4 is 0 Å². The van der Waals surface area contributed by atoms with Gasteiger partial charge in [-0.3, -0.25) is 14.4 Å². The van der Waals surface area contributed by atoms with E-state index in [1.165, 1.54) is 12.2 Å². The van der Waals surface area contributed by atoms with Crippen LogP contribution >= 0.6 is 0 Å². The van der Waals surface area contributed by atoms with Crippen molar-refractivity contribution in [2.24, 2.45) is 0 Å². The summed E-state index contributed by atoms with van der Waals surface area (Å²) in [5.74, 6) is -2.35. The number of aliphatic hydroxyl groups is 2. The van der Waals surface area contributed by atoms with Gasteiger partial charge in [0, 0.05) is 6.42 Å². The minimum Gasteiger partial charge on any atom is -0.481 e. The number of aliphatic hydroxyl groups excluding tert-OH is 2. The summed E-state index contributed by atoms with van der Waals surface area (Å²) in [6, 6.07) is 0. The van der Waals surface area contributed by atoms with Crippen LogP contribution in [0.3, 0.4) is 0 Å². The van der Waals surface area contributed by atoms with E-state index in [1.54, 1.807) is 0 Å². The van der Waals surface area contributed by atoms with Crippen LogP contribution in [0.2, 0.25) is 0 Å². The van der Waals surface area contributed by atoms with E-state index in [-0.39, 0.29) is 25.7 Å². The monoisotopic (exact) mass is 400 g/mol. The van der Waals surface area contributed by atoms with Gasteiger partial charge in [0.15, 0.2) is 0 Å². The second-order valence-electron chi connectivity index (χ2n) is 7.06. The van der Waals surface area contributed by atoms with Crippen LogP contribution in [0.15, 0.2) is 12.2 Å². The molecule has 0 fully saturated rings. The Morgan fingerprint density at radius 3 is 2.54 bits per heavy atom. The van der Waals surface area contributed by atoms with Crippen molar-refractivity contribution in [1.82, 2.24) is 0 Å². The van der Waals surface area contributed by atoms with Crippen LogP contribution in [-0.4, -0.2) is 57.6 Å². The first kappa shape index (κ1) is 24.1. The molecule has 3 N–H and O–H groups in total. The predicted octanol–water partition coefficient (Wildman–Crippen LogP) is 2.11. The fourth-order valence-corrected chi connectivity index (χ4v) is 2.94. The Kier molecular flexibility index (Phi) is 11.4. The number of carbonyl (C=O) groups is 3. The number of carboxylic acids is 1. The third kappa shape index (κ3) is 9.85. The van der Waals surface area contributed by atoms with Crippen molar-refractivity contribution in [3.05, 3.63) is 12.2 Å². The highest BCUT2D eigenvalue weighted by Gasteiger charge is 2.29. The van der Waals surface area contributed by atoms with Gasteiger partial charge in [-0.2, -0.15) is 0 Å². The van der Waals surface area contributed by atoms with Gasteiger partial charge in [0.2, 0.25) is 0 Å². The zero-order valence-electron chi connectivity index (χ0n) is 16.4. The largest absolute Gasteiger partial charge is 0.481 e. The van der Waals surface area contributed by atoms with Crippen LogP contribution in [-0.2, 0) is 23.9 Å². The van der Waals surface area contributed by atoms with E-state index < -0.39 is 42.3 Å². The molecule has 0 amide bonds. The number of cyclic esters (lactones) is 1. The number of esters is 2. The molecule has 1 aliphatic heterocycles. The topological polar surface area (TPSA) is 130 Å². The van der Waals surface area contributed by atoms with Crippen molar-refractivity contribution in [1.29, 1.82) is 0 Å². The Balaban J connectivity index is 2.65. The molecule has 1 rings (SSSR count). The minimum atomic E-state index is -1.27. The SMILES string of the molecule is CCCCCCC[C@H]1OC(=O)CC[C@H](OC(=O)CCC(=O)O)/C=C\[C@H](O)[C@@H]1O. The summed E-state index contributed by atoms with van der Waals surface area (Å²) >= 11 is 0. The lowest BCUT2D eigenvalue weighted by Gasteiger charge is -2.27. The van der Waals surface area contributed by atoms with Crippen LogP contribution in [0.1, 0.15) is 71.1 Å². The molecule has 0 aromatic carbocycles. The molecule has 160 valence electrons. The average Bonchev–Trinajstić information content (AvgIpc) is 2.65. The first-order valence-corrected chi connectivity index (χ1v) is 9.98. The van der Waals surface area contributed by atoms with Crippen molar-refractivity contribution in [3.63, 3.8) is 0 Å². The first-order chi connectivity index (χ1) is 13.3. The Bertz CT molecular complexity index is 530. The van der Waals surface area contributed by atoms with Crippen LogP contribution in [0.25, 0.3) is 0 Å². The standard InChI is InChI=1S/C20H32O8/c1-2-3-4-5-6-7-16-20(26)15(21)10-8-14(9-12-19(25)28-16)27-18(24)13-11-17(22)23/h8,10,14-16,20-21,26H,2-7,9,11-13H2,1H3,(H,22,23)/b10-8-/t14-,15+,16-,20+/m1/s1. The third-order valence-electron chi connectivity index (χ3n) is 4.59. The molecule has 8 heteroatoms. The van der Waals surface area contributed by atoms with E-state index in [2.05, 4.69) is 6.92 Å². The first-order valence-electron chi connectivity index (χ1n) is 9.98. The number of carboxylic acid groups (broad SMARTS) is 1. The maximum absolute atomic E-state index is 12.1. The second kappa shape index (κ2) is 13.3. The van der Waals surface area contributed by atoms with Gasteiger partial charge in [-0.25, -0.2) is 0 Å². The smallest absolute Gasteiger partial charge is 0.306 e. The minimum absolute atomic E-state index is 0.0175. The molecule has 0 unspecified atom stereocenters. The maximum Gasteiger partial charge on any atom is 0.306 e. The molecule has 0 saturated carbocycles. The van der Waals surface area contributed by atoms with Crippen molar-refractivity contribution in [3.8, 4) is 0 Å². The molecule has 0 aliphatic carbocycles. The predicted molar refractivity (Wildman–Crippen MR) is 100 cm³/mol. The lowest BCUT2D eigenvalue weighted by atomic mass is 9.99. The summed E-state index contributed by atoms with van der Waals surface area (Å²) < 4.78 is 10.5. The summed E-state index contributed by atoms with van der Waals surface area (Å²) in [5, 5.41) is 29.1. The lowest BCUT2D eigenvalue weighted by molar-refractivity contribution is -0.161. The van der Waals surface area contributed by atoms with Crippen molar-refractivity contribution in [2.75, 3.05) is 0 Å². The molecule has 0 spiro atoms. The molecule has 0 saturated heterocycles. The van der Waals surface area contributed by atoms with Gasteiger partial charge in [0.05, 0.1) is 12.8 Å². The number of unbranched alkanes of at least 4 members (excludes halogenated alkanes) is 4. The quantitative estimate of drug-likeness (QED) is 0.289. The van der Waals surface area contributed by atoms with Gasteiger partial charge in [0.1, 0.15) is 24.4 Å². The summed E-state index contributed by atoms with van der Waals surface area (Å²) in [5.41, 5.74) is 0. The molecule has 0 bridgehead atoms. The van der Waals surface area contributed by atoms with E-state index >= 15 is 0 Å². The Morgan fingerprint density at radius 2 is 1.86 bits per heavy atom. The number of aliphatic carboxylic acids is 1. The van der Waals surface area contributed by atoms with E-state index in [4.69, 9.17) is 14.6 Å². The normalized spacial score (nSPS) is 26.9. The van der Waals surface area contributed by atoms with Gasteiger partial charge < -0.3 is 24.8 Å². The van der Waals surface area contributed by atoms with E-state index in [1.807, 2.05) is 0 Å². The van der Waals surface area contributed by atoms with Gasteiger partial charge in [-0.1, -0.05) is 38.7 Å². The molecule has 28 heavy (non-hydrogen) atoms. The number of hydrogen-bond acceptors (Lipinski definition) is 7. The van der Waals surface area contributed by atoms with Crippen molar-refractivity contribution < 1.29 is 39.2 Å². The zero-order valence-corrected chi connectivity index (χ0v) is 16.4. The molecule has 8 nitrogen and oxygen atoms in total. The van der Waals surface area contributed by atoms with Crippen LogP contribution in [0, 0.1) is 0 Å². The van der Waals surface area contributed by atoms with Gasteiger partial charge in [0.25, 0.3) is 0 Å². The highest BCUT2D eigenvalue weighted by atomic mass is 16.6. The molecule has 1 heterocycles. The highest BCUT2D eigenvalue weighted by molar-refractivity contribution is 5.76. The van der Waals surface area contributed by atoms with Crippen LogP contribution in [0.5, 0.6) is 0 Å². The third-order valence-corrected chi connectivity index (χ3v) is 4.59. The number of ether oxygens (including phenoxy) is 2. The van der Waals surface area contributed by atoms with Gasteiger partial charge in [-0.05, 0) is 25.3 Å². The fourth-order valence-electron chi connectivity index (χ4n) is 2.94. The molecule has 0 aromatic rings. The summed E-state index contributed by atoms with van der Waals surface area (Å²) in [7, 11) is 0. The van der Waals surface area contributed by atoms with Gasteiger partial charge in [-0.15, -0.1) is 0 Å². The molecular formula is C20H32O8. The molecule has 0 aromatic heterocycles. The second-order valence-corrected chi connectivity index (χ2v) is 7.06.